The highest BCUT2D eigenvalue weighted by atomic mass is 14.2. The molecule has 0 aromatic rings. The topological polar surface area (TPSA) is 0 Å². The Morgan fingerprint density at radius 1 is 1.00 bits per heavy atom. The number of hydrogen-bond acceptors (Lipinski definition) is 0. The van der Waals surface area contributed by atoms with Crippen LogP contribution in [0, 0.1) is 11.8 Å². The van der Waals surface area contributed by atoms with Crippen molar-refractivity contribution in [3.8, 4) is 0 Å². The summed E-state index contributed by atoms with van der Waals surface area (Å²) in [6, 6.07) is 0. The van der Waals surface area contributed by atoms with Crippen molar-refractivity contribution in [2.75, 3.05) is 0 Å². The fourth-order valence-electron chi connectivity index (χ4n) is 2.04. The molecule has 0 saturated heterocycles. The van der Waals surface area contributed by atoms with Crippen molar-refractivity contribution < 1.29 is 0 Å². The molecule has 0 fully saturated rings. The van der Waals surface area contributed by atoms with Crippen LogP contribution in [0.1, 0.15) is 26.7 Å². The van der Waals surface area contributed by atoms with Crippen molar-refractivity contribution in [1.82, 2.24) is 0 Å². The third-order valence-electron chi connectivity index (χ3n) is 2.75. The van der Waals surface area contributed by atoms with Crippen LogP contribution in [0.25, 0.3) is 0 Å². The van der Waals surface area contributed by atoms with Crippen LogP contribution in [0.4, 0.5) is 0 Å². The first-order valence-electron chi connectivity index (χ1n) is 4.84. The van der Waals surface area contributed by atoms with Gasteiger partial charge in [0.15, 0.2) is 0 Å². The Labute approximate surface area is 74.7 Å². The summed E-state index contributed by atoms with van der Waals surface area (Å²) in [5.41, 5.74) is 3.14. The molecule has 0 heteroatoms. The molecule has 0 aromatic carbocycles. The number of hydrogen-bond donors (Lipinski definition) is 0. The van der Waals surface area contributed by atoms with E-state index in [0.29, 0.717) is 5.92 Å². The van der Waals surface area contributed by atoms with Gasteiger partial charge in [-0.1, -0.05) is 38.2 Å². The van der Waals surface area contributed by atoms with E-state index in [1.54, 1.807) is 11.1 Å². The summed E-state index contributed by atoms with van der Waals surface area (Å²) < 4.78 is 0. The highest BCUT2D eigenvalue weighted by Gasteiger charge is 2.18. The maximum Gasteiger partial charge on any atom is -0.00754 e. The lowest BCUT2D eigenvalue weighted by molar-refractivity contribution is 0.625. The zero-order valence-electron chi connectivity index (χ0n) is 7.88. The fourth-order valence-corrected chi connectivity index (χ4v) is 2.04. The van der Waals surface area contributed by atoms with Gasteiger partial charge in [-0.3, -0.25) is 0 Å². The largest absolute Gasteiger partial charge is 0.0776 e. The van der Waals surface area contributed by atoms with Crippen LogP contribution < -0.4 is 0 Å². The average Bonchev–Trinajstić information content (AvgIpc) is 2.31. The number of rotatable bonds is 0. The van der Waals surface area contributed by atoms with Crippen LogP contribution in [0.3, 0.4) is 0 Å². The summed E-state index contributed by atoms with van der Waals surface area (Å²) in [4.78, 5) is 0. The van der Waals surface area contributed by atoms with Crippen LogP contribution in [0.2, 0.25) is 0 Å². The second kappa shape index (κ2) is 2.93. The van der Waals surface area contributed by atoms with E-state index in [1.807, 2.05) is 0 Å². The van der Waals surface area contributed by atoms with Gasteiger partial charge in [-0.2, -0.15) is 0 Å². The summed E-state index contributed by atoms with van der Waals surface area (Å²) in [5.74, 6) is 1.48. The Morgan fingerprint density at radius 3 is 2.00 bits per heavy atom. The first-order chi connectivity index (χ1) is 5.75. The van der Waals surface area contributed by atoms with Gasteiger partial charge in [0.25, 0.3) is 0 Å². The summed E-state index contributed by atoms with van der Waals surface area (Å²) in [7, 11) is 0. The van der Waals surface area contributed by atoms with E-state index >= 15 is 0 Å². The minimum Gasteiger partial charge on any atom is -0.0776 e. The molecule has 0 unspecified atom stereocenters. The fraction of sp³-hybridized carbons (Fsp3) is 0.500. The second-order valence-corrected chi connectivity index (χ2v) is 4.14. The minimum atomic E-state index is 0.617. The number of allylic oxidation sites excluding steroid dienone is 6. The van der Waals surface area contributed by atoms with Crippen LogP contribution in [-0.2, 0) is 0 Å². The van der Waals surface area contributed by atoms with Crippen LogP contribution in [0.15, 0.2) is 35.5 Å². The standard InChI is InChI=1S/C12H16/c1-9-3-5-11-7-10(2)8-12(11)6-4-9/h3-6,9-10H,7-8H2,1-2H3. The van der Waals surface area contributed by atoms with Gasteiger partial charge in [-0.15, -0.1) is 0 Å². The zero-order valence-corrected chi connectivity index (χ0v) is 7.88. The Hall–Kier alpha value is -0.780. The summed E-state index contributed by atoms with van der Waals surface area (Å²) in [5, 5.41) is 0. The van der Waals surface area contributed by atoms with E-state index in [1.165, 1.54) is 12.8 Å². The van der Waals surface area contributed by atoms with E-state index in [2.05, 4.69) is 38.2 Å². The zero-order chi connectivity index (χ0) is 8.55. The smallest absolute Gasteiger partial charge is 0.00754 e. The summed E-state index contributed by atoms with van der Waals surface area (Å²) in [6.07, 6.45) is 11.8. The molecule has 0 saturated carbocycles. The first-order valence-corrected chi connectivity index (χ1v) is 4.84. The Morgan fingerprint density at radius 2 is 1.50 bits per heavy atom. The van der Waals surface area contributed by atoms with Crippen molar-refractivity contribution in [2.45, 2.75) is 26.7 Å². The van der Waals surface area contributed by atoms with Crippen molar-refractivity contribution in [1.29, 1.82) is 0 Å². The van der Waals surface area contributed by atoms with E-state index < -0.39 is 0 Å². The van der Waals surface area contributed by atoms with Crippen molar-refractivity contribution >= 4 is 0 Å². The second-order valence-electron chi connectivity index (χ2n) is 4.14. The van der Waals surface area contributed by atoms with E-state index in [9.17, 15) is 0 Å². The third-order valence-corrected chi connectivity index (χ3v) is 2.75. The SMILES string of the molecule is CC1C=CC2=C(C=C1)CC(C)C2. The van der Waals surface area contributed by atoms with Gasteiger partial charge in [0, 0.05) is 0 Å². The third kappa shape index (κ3) is 1.38. The van der Waals surface area contributed by atoms with Crippen molar-refractivity contribution in [2.24, 2.45) is 11.8 Å². The molecule has 0 aliphatic heterocycles. The van der Waals surface area contributed by atoms with Gasteiger partial charge in [-0.25, -0.2) is 0 Å². The van der Waals surface area contributed by atoms with Gasteiger partial charge in [0.05, 0.1) is 0 Å². The molecule has 2 aliphatic rings. The first kappa shape index (κ1) is 7.85. The molecule has 0 spiro atoms. The predicted molar refractivity (Wildman–Crippen MR) is 52.9 cm³/mol. The predicted octanol–water partition coefficient (Wildman–Crippen LogP) is 3.48. The average molecular weight is 160 g/mol. The van der Waals surface area contributed by atoms with Gasteiger partial charge >= 0.3 is 0 Å². The summed E-state index contributed by atoms with van der Waals surface area (Å²) in [6.45, 7) is 4.57. The molecule has 2 rings (SSSR count). The van der Waals surface area contributed by atoms with Crippen molar-refractivity contribution in [3.05, 3.63) is 35.5 Å². The lowest BCUT2D eigenvalue weighted by Gasteiger charge is -2.00. The monoisotopic (exact) mass is 160 g/mol. The molecular weight excluding hydrogens is 144 g/mol. The maximum atomic E-state index is 2.33. The Balaban J connectivity index is 2.26. The van der Waals surface area contributed by atoms with Gasteiger partial charge < -0.3 is 0 Å². The molecule has 0 N–H and O–H groups in total. The Kier molecular flexibility index (Phi) is 1.92. The highest BCUT2D eigenvalue weighted by Crippen LogP contribution is 2.34. The van der Waals surface area contributed by atoms with Gasteiger partial charge in [0.2, 0.25) is 0 Å². The molecule has 0 heterocycles. The molecule has 64 valence electrons. The molecule has 2 aliphatic carbocycles. The lowest BCUT2D eigenvalue weighted by Crippen LogP contribution is -1.86. The minimum absolute atomic E-state index is 0.617. The molecule has 0 aromatic heterocycles. The molecule has 0 atom stereocenters. The lowest BCUT2D eigenvalue weighted by atomic mass is 10.1. The normalized spacial score (nSPS) is 24.8. The highest BCUT2D eigenvalue weighted by molar-refractivity contribution is 5.40. The van der Waals surface area contributed by atoms with Crippen molar-refractivity contribution in [3.63, 3.8) is 0 Å². The Bertz CT molecular complexity index is 240. The molecule has 0 bridgehead atoms. The van der Waals surface area contributed by atoms with Gasteiger partial charge in [0.1, 0.15) is 0 Å². The molecule has 0 nitrogen and oxygen atoms in total. The molecular formula is C12H16. The van der Waals surface area contributed by atoms with Crippen LogP contribution in [-0.4, -0.2) is 0 Å². The van der Waals surface area contributed by atoms with E-state index in [4.69, 9.17) is 0 Å². The molecule has 0 radical (unpaired) electrons. The van der Waals surface area contributed by atoms with Crippen LogP contribution in [0.5, 0.6) is 0 Å². The quantitative estimate of drug-likeness (QED) is 0.509. The van der Waals surface area contributed by atoms with E-state index in [0.717, 1.165) is 5.92 Å². The van der Waals surface area contributed by atoms with Gasteiger partial charge in [-0.05, 0) is 35.8 Å². The summed E-state index contributed by atoms with van der Waals surface area (Å²) >= 11 is 0. The van der Waals surface area contributed by atoms with Crippen LogP contribution >= 0.6 is 0 Å². The van der Waals surface area contributed by atoms with E-state index in [-0.39, 0.29) is 0 Å². The molecule has 0 amide bonds. The maximum absolute atomic E-state index is 2.33. The molecule has 12 heavy (non-hydrogen) atoms.